The number of hydrogen-bond donors (Lipinski definition) is 3. The van der Waals surface area contributed by atoms with Gasteiger partial charge in [0.2, 0.25) is 17.2 Å². The van der Waals surface area contributed by atoms with Gasteiger partial charge in [-0.2, -0.15) is 0 Å². The Kier molecular flexibility index (Phi) is 9.83. The minimum Gasteiger partial charge on any atom is -0.495 e. The molecule has 2 aliphatic heterocycles. The van der Waals surface area contributed by atoms with Gasteiger partial charge in [-0.05, 0) is 31.2 Å². The van der Waals surface area contributed by atoms with Crippen LogP contribution in [0.1, 0.15) is 17.3 Å². The van der Waals surface area contributed by atoms with Crippen LogP contribution in [0.4, 0.5) is 15.8 Å². The van der Waals surface area contributed by atoms with Gasteiger partial charge in [-0.1, -0.05) is 12.1 Å². The van der Waals surface area contributed by atoms with E-state index in [2.05, 4.69) is 20.7 Å². The number of fused-ring (bicyclic) bond motifs is 1. The third kappa shape index (κ3) is 7.02. The number of aryl methyl sites for hydroxylation is 1. The lowest BCUT2D eigenvalue weighted by molar-refractivity contribution is -0.131. The van der Waals surface area contributed by atoms with Gasteiger partial charge in [-0.25, -0.2) is 14.6 Å². The Labute approximate surface area is 259 Å². The first-order chi connectivity index (χ1) is 21.7. The summed E-state index contributed by atoms with van der Waals surface area (Å²) in [5.41, 5.74) is 5.97. The largest absolute Gasteiger partial charge is 0.495 e. The number of aromatic carboxylic acids is 1. The minimum absolute atomic E-state index is 0.00930. The van der Waals surface area contributed by atoms with Crippen molar-refractivity contribution in [2.24, 2.45) is 0 Å². The first-order valence-corrected chi connectivity index (χ1v) is 14.9. The fourth-order valence-electron chi connectivity index (χ4n) is 5.86. The number of aromatic nitrogens is 1. The zero-order chi connectivity index (χ0) is 32.1. The number of halogens is 1. The lowest BCUT2D eigenvalue weighted by Gasteiger charge is -2.36. The Morgan fingerprint density at radius 2 is 1.62 bits per heavy atom. The zero-order valence-electron chi connectivity index (χ0n) is 25.4. The number of methoxy groups -OCH3 is 1. The van der Waals surface area contributed by atoms with Crippen molar-refractivity contribution in [2.45, 2.75) is 13.5 Å². The normalized spacial score (nSPS) is 15.8. The van der Waals surface area contributed by atoms with E-state index in [1.807, 2.05) is 31.2 Å². The molecule has 3 aromatic rings. The van der Waals surface area contributed by atoms with Crippen LogP contribution in [0, 0.1) is 5.82 Å². The van der Waals surface area contributed by atoms with Crippen molar-refractivity contribution in [3.63, 3.8) is 0 Å². The molecule has 3 N–H and O–H groups in total. The molecule has 0 radical (unpaired) electrons. The summed E-state index contributed by atoms with van der Waals surface area (Å²) in [6, 6.07) is 10.5. The van der Waals surface area contributed by atoms with Crippen LogP contribution < -0.4 is 30.8 Å². The van der Waals surface area contributed by atoms with Crippen LogP contribution >= 0.6 is 0 Å². The molecule has 2 fully saturated rings. The van der Waals surface area contributed by atoms with Gasteiger partial charge >= 0.3 is 5.97 Å². The monoisotopic (exact) mass is 623 g/mol. The van der Waals surface area contributed by atoms with E-state index in [-0.39, 0.29) is 36.0 Å². The molecule has 240 valence electrons. The molecule has 2 aliphatic rings. The highest BCUT2D eigenvalue weighted by Crippen LogP contribution is 2.29. The van der Waals surface area contributed by atoms with E-state index < -0.39 is 22.8 Å². The van der Waals surface area contributed by atoms with Crippen LogP contribution in [0.3, 0.4) is 0 Å². The minimum atomic E-state index is -1.36. The van der Waals surface area contributed by atoms with E-state index >= 15 is 4.39 Å². The second-order valence-corrected chi connectivity index (χ2v) is 11.0. The average Bonchev–Trinajstić information content (AvgIpc) is 3.05. The van der Waals surface area contributed by atoms with E-state index in [4.69, 9.17) is 4.74 Å². The summed E-state index contributed by atoms with van der Waals surface area (Å²) in [6.07, 6.45) is 1.28. The number of carboxylic acids is 1. The molecule has 0 unspecified atom stereocenters. The molecule has 45 heavy (non-hydrogen) atoms. The molecule has 5 rings (SSSR count). The Morgan fingerprint density at radius 1 is 0.956 bits per heavy atom. The van der Waals surface area contributed by atoms with Gasteiger partial charge in [0, 0.05) is 70.5 Å². The fraction of sp³-hybridized carbons (Fsp3) is 0.419. The van der Waals surface area contributed by atoms with Crippen molar-refractivity contribution in [2.75, 3.05) is 82.4 Å². The number of piperazine rings is 2. The predicted molar refractivity (Wildman–Crippen MR) is 167 cm³/mol. The molecule has 0 spiro atoms. The molecule has 0 aliphatic carbocycles. The summed E-state index contributed by atoms with van der Waals surface area (Å²) in [7, 11) is 1.65. The molecule has 1 aromatic heterocycles. The second-order valence-electron chi connectivity index (χ2n) is 11.0. The number of rotatable bonds is 10. The molecule has 14 heteroatoms. The van der Waals surface area contributed by atoms with Crippen molar-refractivity contribution < 1.29 is 28.6 Å². The molecule has 3 heterocycles. The molecular formula is C31H38FN7O6. The van der Waals surface area contributed by atoms with E-state index in [0.717, 1.165) is 30.6 Å². The number of carboxylic acid groups (broad SMARTS) is 1. The number of amides is 2. The number of anilines is 2. The van der Waals surface area contributed by atoms with Crippen molar-refractivity contribution in [3.8, 4) is 5.75 Å². The van der Waals surface area contributed by atoms with E-state index in [1.54, 1.807) is 27.5 Å². The maximum absolute atomic E-state index is 15.2. The van der Waals surface area contributed by atoms with Gasteiger partial charge in [0.25, 0.3) is 0 Å². The number of carbonyl (C=O) groups is 3. The van der Waals surface area contributed by atoms with Crippen LogP contribution in [-0.2, 0) is 16.1 Å². The second kappa shape index (κ2) is 13.9. The quantitative estimate of drug-likeness (QED) is 0.280. The van der Waals surface area contributed by atoms with Gasteiger partial charge in [0.05, 0.1) is 37.1 Å². The third-order valence-electron chi connectivity index (χ3n) is 8.33. The number of ether oxygens (including phenoxy) is 1. The molecular weight excluding hydrogens is 585 g/mol. The predicted octanol–water partition coefficient (Wildman–Crippen LogP) is 0.959. The van der Waals surface area contributed by atoms with Crippen molar-refractivity contribution in [1.82, 2.24) is 25.2 Å². The maximum Gasteiger partial charge on any atom is 0.341 e. The molecule has 2 saturated heterocycles. The van der Waals surface area contributed by atoms with Gasteiger partial charge in [-0.3, -0.25) is 24.7 Å². The highest BCUT2D eigenvalue weighted by Gasteiger charge is 2.25. The SMILES string of the molecule is CCn1cc(C(=O)O)c(=O)c2cc(F)c(N3CCN(C(=O)CNNC(=O)CN4CCN(c5ccccc5OC)CC4)CC3)cc21. The number of nitrogens with one attached hydrogen (secondary N) is 2. The van der Waals surface area contributed by atoms with E-state index in [0.29, 0.717) is 51.3 Å². The summed E-state index contributed by atoms with van der Waals surface area (Å²) in [6.45, 7) is 6.72. The Hall–Kier alpha value is -4.69. The first-order valence-electron chi connectivity index (χ1n) is 14.9. The number of para-hydroxylation sites is 2. The Morgan fingerprint density at radius 3 is 2.29 bits per heavy atom. The summed E-state index contributed by atoms with van der Waals surface area (Å²) in [5, 5.41) is 9.38. The molecule has 2 aromatic carbocycles. The molecule has 13 nitrogen and oxygen atoms in total. The molecule has 0 atom stereocenters. The summed E-state index contributed by atoms with van der Waals surface area (Å²) in [5.74, 6) is -1.59. The Bertz CT molecular complexity index is 1630. The molecule has 0 saturated carbocycles. The lowest BCUT2D eigenvalue weighted by Crippen LogP contribution is -2.54. The number of benzene rings is 2. The summed E-state index contributed by atoms with van der Waals surface area (Å²) in [4.78, 5) is 57.2. The van der Waals surface area contributed by atoms with Crippen LogP contribution in [0.15, 0.2) is 47.4 Å². The highest BCUT2D eigenvalue weighted by molar-refractivity contribution is 5.93. The standard InChI is InChI=1S/C31H38FN7O6/c1-3-36-19-22(31(43)44)30(42)21-16-23(32)26(17-25(21)36)38-12-14-39(15-13-38)29(41)18-33-34-28(40)20-35-8-10-37(11-9-35)24-6-4-5-7-27(24)45-2/h4-7,16-17,19,33H,3,8-15,18,20H2,1-2H3,(H,34,40)(H,43,44). The lowest BCUT2D eigenvalue weighted by atomic mass is 10.1. The van der Waals surface area contributed by atoms with Crippen LogP contribution in [-0.4, -0.2) is 110 Å². The number of nitrogens with zero attached hydrogens (tertiary/aromatic N) is 5. The van der Waals surface area contributed by atoms with Crippen molar-refractivity contribution in [3.05, 3.63) is 64.2 Å². The number of hydrogen-bond acceptors (Lipinski definition) is 9. The smallest absolute Gasteiger partial charge is 0.341 e. The van der Waals surface area contributed by atoms with Gasteiger partial charge in [0.1, 0.15) is 17.1 Å². The topological polar surface area (TPSA) is 140 Å². The van der Waals surface area contributed by atoms with Crippen molar-refractivity contribution in [1.29, 1.82) is 0 Å². The van der Waals surface area contributed by atoms with Gasteiger partial charge in [0.15, 0.2) is 0 Å². The third-order valence-corrected chi connectivity index (χ3v) is 8.33. The number of carbonyl (C=O) groups excluding carboxylic acids is 2. The van der Waals surface area contributed by atoms with E-state index in [1.165, 1.54) is 6.20 Å². The van der Waals surface area contributed by atoms with Gasteiger partial charge in [-0.15, -0.1) is 0 Å². The molecule has 2 amide bonds. The number of pyridine rings is 1. The van der Waals surface area contributed by atoms with Crippen molar-refractivity contribution >= 4 is 40.1 Å². The van der Waals surface area contributed by atoms with Gasteiger partial charge < -0.3 is 29.1 Å². The van der Waals surface area contributed by atoms with E-state index in [9.17, 15) is 24.3 Å². The first kappa shape index (κ1) is 31.7. The summed E-state index contributed by atoms with van der Waals surface area (Å²) < 4.78 is 22.2. The maximum atomic E-state index is 15.2. The average molecular weight is 624 g/mol. The fourth-order valence-corrected chi connectivity index (χ4v) is 5.86. The van der Waals surface area contributed by atoms with Crippen LogP contribution in [0.5, 0.6) is 5.75 Å². The van der Waals surface area contributed by atoms with Crippen LogP contribution in [0.2, 0.25) is 0 Å². The van der Waals surface area contributed by atoms with Crippen LogP contribution in [0.25, 0.3) is 10.9 Å². The summed E-state index contributed by atoms with van der Waals surface area (Å²) >= 11 is 0. The number of hydrazine groups is 1. The Balaban J connectivity index is 1.08. The highest BCUT2D eigenvalue weighted by atomic mass is 19.1. The molecule has 0 bridgehead atoms. The zero-order valence-corrected chi connectivity index (χ0v) is 25.4.